The molecule has 3 aromatic rings. The van der Waals surface area contributed by atoms with Gasteiger partial charge >= 0.3 is 0 Å². The first-order chi connectivity index (χ1) is 13.5. The van der Waals surface area contributed by atoms with E-state index in [2.05, 4.69) is 15.5 Å². The van der Waals surface area contributed by atoms with Crippen LogP contribution < -0.4 is 14.8 Å². The average Bonchev–Trinajstić information content (AvgIpc) is 3.16. The molecule has 0 saturated carbocycles. The third-order valence-corrected chi connectivity index (χ3v) is 4.68. The van der Waals surface area contributed by atoms with E-state index in [-0.39, 0.29) is 17.0 Å². The van der Waals surface area contributed by atoms with E-state index >= 15 is 0 Å². The van der Waals surface area contributed by atoms with Gasteiger partial charge in [-0.25, -0.2) is 4.39 Å². The van der Waals surface area contributed by atoms with Crippen molar-refractivity contribution >= 4 is 23.4 Å². The number of nitrogens with one attached hydrogen (secondary N) is 1. The second kappa shape index (κ2) is 8.75. The molecule has 0 fully saturated rings. The standard InChI is InChI=1S/C19H18FN3O4S/c1-11(17(24)21-14-6-4-5-13(20)9-14)28-19-23-22-18(27-19)12-7-15(25-2)10-16(8-12)26-3/h4-11H,1-3H3,(H,21,24)/t11-/m0/s1. The number of rotatable bonds is 7. The minimum Gasteiger partial charge on any atom is -0.497 e. The highest BCUT2D eigenvalue weighted by Gasteiger charge is 2.19. The Morgan fingerprint density at radius 3 is 2.50 bits per heavy atom. The molecule has 0 aliphatic heterocycles. The molecule has 0 bridgehead atoms. The molecule has 0 aliphatic rings. The second-order valence-corrected chi connectivity index (χ2v) is 7.03. The van der Waals surface area contributed by atoms with Crippen molar-refractivity contribution < 1.29 is 23.1 Å². The lowest BCUT2D eigenvalue weighted by Gasteiger charge is -2.09. The van der Waals surface area contributed by atoms with Crippen LogP contribution in [0.4, 0.5) is 10.1 Å². The van der Waals surface area contributed by atoms with Crippen LogP contribution in [0.15, 0.2) is 52.1 Å². The summed E-state index contributed by atoms with van der Waals surface area (Å²) in [6.45, 7) is 1.69. The molecule has 28 heavy (non-hydrogen) atoms. The van der Waals surface area contributed by atoms with E-state index in [1.807, 2.05) is 0 Å². The lowest BCUT2D eigenvalue weighted by molar-refractivity contribution is -0.115. The topological polar surface area (TPSA) is 86.5 Å². The van der Waals surface area contributed by atoms with Crippen LogP contribution in [0.5, 0.6) is 11.5 Å². The predicted octanol–water partition coefficient (Wildman–Crippen LogP) is 4.01. The molecular weight excluding hydrogens is 385 g/mol. The van der Waals surface area contributed by atoms with Crippen molar-refractivity contribution in [2.24, 2.45) is 0 Å². The van der Waals surface area contributed by atoms with Gasteiger partial charge in [0.15, 0.2) is 0 Å². The highest BCUT2D eigenvalue weighted by molar-refractivity contribution is 8.00. The third kappa shape index (κ3) is 4.80. The fraction of sp³-hybridized carbons (Fsp3) is 0.211. The summed E-state index contributed by atoms with van der Waals surface area (Å²) in [4.78, 5) is 12.3. The molecule has 2 aromatic carbocycles. The summed E-state index contributed by atoms with van der Waals surface area (Å²) in [5.74, 6) is 0.721. The number of halogens is 1. The van der Waals surface area contributed by atoms with E-state index in [9.17, 15) is 9.18 Å². The van der Waals surface area contributed by atoms with E-state index in [4.69, 9.17) is 13.9 Å². The van der Waals surface area contributed by atoms with Crippen molar-refractivity contribution in [3.05, 3.63) is 48.3 Å². The van der Waals surface area contributed by atoms with Crippen molar-refractivity contribution in [2.75, 3.05) is 19.5 Å². The number of aromatic nitrogens is 2. The second-order valence-electron chi connectivity index (χ2n) is 5.73. The number of carbonyl (C=O) groups is 1. The molecule has 0 radical (unpaired) electrons. The van der Waals surface area contributed by atoms with Crippen LogP contribution in [-0.4, -0.2) is 35.6 Å². The Hall–Kier alpha value is -3.07. The highest BCUT2D eigenvalue weighted by Crippen LogP contribution is 2.31. The molecule has 0 saturated heterocycles. The summed E-state index contributed by atoms with van der Waals surface area (Å²) < 4.78 is 29.3. The molecule has 0 spiro atoms. The number of amides is 1. The monoisotopic (exact) mass is 403 g/mol. The first-order valence-electron chi connectivity index (χ1n) is 8.28. The Labute approximate surface area is 165 Å². The maximum atomic E-state index is 13.2. The minimum absolute atomic E-state index is 0.235. The molecule has 9 heteroatoms. The third-order valence-electron chi connectivity index (χ3n) is 3.74. The molecule has 1 atom stereocenters. The lowest BCUT2D eigenvalue weighted by atomic mass is 10.2. The molecule has 3 rings (SSSR count). The van der Waals surface area contributed by atoms with Crippen LogP contribution in [0.1, 0.15) is 6.92 Å². The summed E-state index contributed by atoms with van der Waals surface area (Å²) >= 11 is 1.10. The molecule has 1 aromatic heterocycles. The van der Waals surface area contributed by atoms with Gasteiger partial charge in [-0.15, -0.1) is 10.2 Å². The zero-order valence-corrected chi connectivity index (χ0v) is 16.2. The molecule has 7 nitrogen and oxygen atoms in total. The van der Waals surface area contributed by atoms with Crippen molar-refractivity contribution in [1.29, 1.82) is 0 Å². The fourth-order valence-corrected chi connectivity index (χ4v) is 3.00. The molecule has 1 amide bonds. The Morgan fingerprint density at radius 1 is 1.14 bits per heavy atom. The van der Waals surface area contributed by atoms with Gasteiger partial charge < -0.3 is 19.2 Å². The van der Waals surface area contributed by atoms with Crippen LogP contribution in [0.3, 0.4) is 0 Å². The van der Waals surface area contributed by atoms with Gasteiger partial charge in [0.1, 0.15) is 17.3 Å². The number of hydrogen-bond donors (Lipinski definition) is 1. The summed E-state index contributed by atoms with van der Waals surface area (Å²) in [5, 5.41) is 10.3. The van der Waals surface area contributed by atoms with Gasteiger partial charge in [-0.2, -0.15) is 0 Å². The van der Waals surface area contributed by atoms with Crippen LogP contribution in [0.25, 0.3) is 11.5 Å². The van der Waals surface area contributed by atoms with Gasteiger partial charge in [0, 0.05) is 17.3 Å². The van der Waals surface area contributed by atoms with E-state index in [1.165, 1.54) is 18.2 Å². The van der Waals surface area contributed by atoms with Gasteiger partial charge in [0.05, 0.1) is 19.5 Å². The molecule has 0 unspecified atom stereocenters. The Bertz CT molecular complexity index is 957. The molecule has 0 aliphatic carbocycles. The smallest absolute Gasteiger partial charge is 0.277 e. The summed E-state index contributed by atoms with van der Waals surface area (Å²) in [6, 6.07) is 10.9. The zero-order valence-electron chi connectivity index (χ0n) is 15.4. The number of benzene rings is 2. The van der Waals surface area contributed by atoms with Gasteiger partial charge in [-0.1, -0.05) is 17.8 Å². The SMILES string of the molecule is COc1cc(OC)cc(-c2nnc(S[C@@H](C)C(=O)Nc3cccc(F)c3)o2)c1. The van der Waals surface area contributed by atoms with Crippen molar-refractivity contribution in [3.63, 3.8) is 0 Å². The molecule has 1 heterocycles. The van der Waals surface area contributed by atoms with E-state index in [0.717, 1.165) is 11.8 Å². The number of ether oxygens (including phenoxy) is 2. The largest absolute Gasteiger partial charge is 0.497 e. The maximum absolute atomic E-state index is 13.2. The Morgan fingerprint density at radius 2 is 1.86 bits per heavy atom. The quantitative estimate of drug-likeness (QED) is 0.597. The number of anilines is 1. The fourth-order valence-electron chi connectivity index (χ4n) is 2.32. The summed E-state index contributed by atoms with van der Waals surface area (Å²) in [6.07, 6.45) is 0. The van der Waals surface area contributed by atoms with Crippen LogP contribution >= 0.6 is 11.8 Å². The number of hydrogen-bond acceptors (Lipinski definition) is 7. The van der Waals surface area contributed by atoms with Crippen molar-refractivity contribution in [2.45, 2.75) is 17.4 Å². The van der Waals surface area contributed by atoms with Crippen molar-refractivity contribution in [1.82, 2.24) is 10.2 Å². The minimum atomic E-state index is -0.531. The van der Waals surface area contributed by atoms with Gasteiger partial charge in [-0.05, 0) is 37.3 Å². The predicted molar refractivity (Wildman–Crippen MR) is 103 cm³/mol. The van der Waals surface area contributed by atoms with E-state index in [0.29, 0.717) is 22.7 Å². The zero-order chi connectivity index (χ0) is 20.1. The van der Waals surface area contributed by atoms with Gasteiger partial charge in [-0.3, -0.25) is 4.79 Å². The normalized spacial score (nSPS) is 11.7. The van der Waals surface area contributed by atoms with Gasteiger partial charge in [0.25, 0.3) is 5.22 Å². The van der Waals surface area contributed by atoms with Crippen LogP contribution in [0, 0.1) is 5.82 Å². The number of methoxy groups -OCH3 is 2. The Balaban J connectivity index is 1.69. The summed E-state index contributed by atoms with van der Waals surface area (Å²) in [5.41, 5.74) is 1.01. The van der Waals surface area contributed by atoms with Crippen molar-refractivity contribution in [3.8, 4) is 23.0 Å². The van der Waals surface area contributed by atoms with Gasteiger partial charge in [0.2, 0.25) is 11.8 Å². The first kappa shape index (κ1) is 19.7. The average molecular weight is 403 g/mol. The highest BCUT2D eigenvalue weighted by atomic mass is 32.2. The molecule has 1 N–H and O–H groups in total. The maximum Gasteiger partial charge on any atom is 0.277 e. The molecule has 146 valence electrons. The van der Waals surface area contributed by atoms with E-state index < -0.39 is 11.1 Å². The molecular formula is C19H18FN3O4S. The first-order valence-corrected chi connectivity index (χ1v) is 9.16. The summed E-state index contributed by atoms with van der Waals surface area (Å²) in [7, 11) is 3.10. The van der Waals surface area contributed by atoms with Crippen LogP contribution in [-0.2, 0) is 4.79 Å². The van der Waals surface area contributed by atoms with Crippen LogP contribution in [0.2, 0.25) is 0 Å². The number of thioether (sulfide) groups is 1. The number of carbonyl (C=O) groups excluding carboxylic acids is 1. The lowest BCUT2D eigenvalue weighted by Crippen LogP contribution is -2.22. The van der Waals surface area contributed by atoms with E-state index in [1.54, 1.807) is 45.4 Å². The number of nitrogens with zero attached hydrogens (tertiary/aromatic N) is 2. The Kier molecular flexibility index (Phi) is 6.15.